The highest BCUT2D eigenvalue weighted by molar-refractivity contribution is 7.98. The normalized spacial score (nSPS) is 11.4. The van der Waals surface area contributed by atoms with Crippen LogP contribution < -0.4 is 5.56 Å². The lowest BCUT2D eigenvalue weighted by molar-refractivity contribution is 0.727. The second kappa shape index (κ2) is 5.76. The molecule has 0 aromatic carbocycles. The second-order valence-corrected chi connectivity index (χ2v) is 8.66. The van der Waals surface area contributed by atoms with E-state index in [2.05, 4.69) is 4.98 Å². The molecule has 0 aliphatic carbocycles. The van der Waals surface area contributed by atoms with Gasteiger partial charge in [0.2, 0.25) is 0 Å². The maximum Gasteiger partial charge on any atom is 0.262 e. The largest absolute Gasteiger partial charge is 0.290 e. The van der Waals surface area contributed by atoms with E-state index in [0.29, 0.717) is 0 Å². The minimum Gasteiger partial charge on any atom is -0.290 e. The van der Waals surface area contributed by atoms with Crippen molar-refractivity contribution < 1.29 is 0 Å². The molecule has 0 saturated heterocycles. The van der Waals surface area contributed by atoms with Gasteiger partial charge in [-0.3, -0.25) is 9.36 Å². The van der Waals surface area contributed by atoms with Crippen molar-refractivity contribution in [2.24, 2.45) is 7.05 Å². The van der Waals surface area contributed by atoms with E-state index >= 15 is 0 Å². The summed E-state index contributed by atoms with van der Waals surface area (Å²) in [5.74, 6) is 0.770. The predicted octanol–water partition coefficient (Wildman–Crippen LogP) is 4.62. The molecule has 3 rings (SSSR count). The van der Waals surface area contributed by atoms with Gasteiger partial charge in [0.25, 0.3) is 5.56 Å². The third-order valence-electron chi connectivity index (χ3n) is 3.34. The molecule has 0 radical (unpaired) electrons. The molecule has 0 atom stereocenters. The highest BCUT2D eigenvalue weighted by Crippen LogP contribution is 2.31. The molecule has 7 heteroatoms. The first-order chi connectivity index (χ1) is 9.97. The van der Waals surface area contributed by atoms with E-state index in [1.807, 2.05) is 26.0 Å². The molecule has 0 aliphatic rings. The van der Waals surface area contributed by atoms with Gasteiger partial charge in [-0.25, -0.2) is 4.98 Å². The maximum absolute atomic E-state index is 12.5. The zero-order valence-electron chi connectivity index (χ0n) is 11.8. The molecule has 0 amide bonds. The molecule has 3 aromatic rings. The van der Waals surface area contributed by atoms with Gasteiger partial charge in [-0.2, -0.15) is 0 Å². The first-order valence-corrected chi connectivity index (χ1v) is 9.30. The number of rotatable bonds is 3. The average molecular weight is 357 g/mol. The van der Waals surface area contributed by atoms with Crippen LogP contribution in [-0.4, -0.2) is 9.55 Å². The van der Waals surface area contributed by atoms with Gasteiger partial charge >= 0.3 is 0 Å². The molecule has 0 unspecified atom stereocenters. The van der Waals surface area contributed by atoms with E-state index in [1.54, 1.807) is 46.1 Å². The lowest BCUT2D eigenvalue weighted by Crippen LogP contribution is -2.19. The fourth-order valence-corrected chi connectivity index (χ4v) is 5.22. The Morgan fingerprint density at radius 2 is 2.10 bits per heavy atom. The molecule has 3 aromatic heterocycles. The number of fused-ring (bicyclic) bond motifs is 1. The van der Waals surface area contributed by atoms with Crippen LogP contribution in [-0.2, 0) is 12.8 Å². The van der Waals surface area contributed by atoms with Gasteiger partial charge in [-0.1, -0.05) is 23.4 Å². The molecule has 3 heterocycles. The topological polar surface area (TPSA) is 34.9 Å². The van der Waals surface area contributed by atoms with Crippen LogP contribution in [0.25, 0.3) is 10.2 Å². The van der Waals surface area contributed by atoms with Crippen molar-refractivity contribution >= 4 is 56.3 Å². The average Bonchev–Trinajstić information content (AvgIpc) is 2.97. The van der Waals surface area contributed by atoms with E-state index in [9.17, 15) is 4.79 Å². The zero-order valence-corrected chi connectivity index (χ0v) is 15.0. The zero-order chi connectivity index (χ0) is 15.1. The van der Waals surface area contributed by atoms with Gasteiger partial charge in [-0.05, 0) is 31.5 Å². The number of aromatic nitrogens is 2. The smallest absolute Gasteiger partial charge is 0.262 e. The molecular formula is C14H13ClN2OS3. The lowest BCUT2D eigenvalue weighted by atomic mass is 10.2. The minimum absolute atomic E-state index is 0.0357. The molecule has 0 fully saturated rings. The van der Waals surface area contributed by atoms with Crippen LogP contribution in [0.3, 0.4) is 0 Å². The van der Waals surface area contributed by atoms with Crippen molar-refractivity contribution in [3.63, 3.8) is 0 Å². The van der Waals surface area contributed by atoms with E-state index < -0.39 is 0 Å². The number of hydrogen-bond acceptors (Lipinski definition) is 5. The number of thioether (sulfide) groups is 1. The van der Waals surface area contributed by atoms with Crippen molar-refractivity contribution in [1.29, 1.82) is 0 Å². The molecule has 0 spiro atoms. The molecule has 0 bridgehead atoms. The quantitative estimate of drug-likeness (QED) is 0.507. The summed E-state index contributed by atoms with van der Waals surface area (Å²) in [5, 5.41) is 1.50. The summed E-state index contributed by atoms with van der Waals surface area (Å²) in [4.78, 5) is 20.3. The molecule has 3 nitrogen and oxygen atoms in total. The van der Waals surface area contributed by atoms with Crippen LogP contribution in [0.1, 0.15) is 15.3 Å². The van der Waals surface area contributed by atoms with Gasteiger partial charge in [-0.15, -0.1) is 22.7 Å². The van der Waals surface area contributed by atoms with Crippen molar-refractivity contribution in [1.82, 2.24) is 9.55 Å². The summed E-state index contributed by atoms with van der Waals surface area (Å²) in [7, 11) is 1.78. The van der Waals surface area contributed by atoms with Crippen LogP contribution in [0.4, 0.5) is 0 Å². The summed E-state index contributed by atoms with van der Waals surface area (Å²) in [6.45, 7) is 4.01. The van der Waals surface area contributed by atoms with Crippen LogP contribution in [0, 0.1) is 13.8 Å². The summed E-state index contributed by atoms with van der Waals surface area (Å²) in [6, 6.07) is 3.90. The van der Waals surface area contributed by atoms with Gasteiger partial charge in [0.05, 0.1) is 9.72 Å². The molecule has 110 valence electrons. The van der Waals surface area contributed by atoms with Gasteiger partial charge < -0.3 is 0 Å². The maximum atomic E-state index is 12.5. The Morgan fingerprint density at radius 3 is 2.76 bits per heavy atom. The summed E-state index contributed by atoms with van der Waals surface area (Å²) in [6.07, 6.45) is 0. The molecule has 0 aliphatic heterocycles. The lowest BCUT2D eigenvalue weighted by Gasteiger charge is -2.06. The van der Waals surface area contributed by atoms with Crippen molar-refractivity contribution in [2.75, 3.05) is 0 Å². The van der Waals surface area contributed by atoms with E-state index in [0.717, 1.165) is 35.9 Å². The highest BCUT2D eigenvalue weighted by Gasteiger charge is 2.15. The Balaban J connectivity index is 1.99. The predicted molar refractivity (Wildman–Crippen MR) is 93.2 cm³/mol. The Bertz CT molecular complexity index is 878. The van der Waals surface area contributed by atoms with E-state index in [4.69, 9.17) is 11.6 Å². The number of aryl methyl sites for hydroxylation is 2. The standard InChI is InChI=1S/C14H13ClN2OS3/c1-7-8(2)20-12-11(7)13(18)17(3)14(16-12)19-6-9-4-5-10(15)21-9/h4-5H,6H2,1-3H3. The Kier molecular flexibility index (Phi) is 4.14. The molecule has 0 N–H and O–H groups in total. The number of hydrogen-bond donors (Lipinski definition) is 0. The van der Waals surface area contributed by atoms with Crippen LogP contribution in [0.2, 0.25) is 4.34 Å². The van der Waals surface area contributed by atoms with E-state index in [1.165, 1.54) is 4.88 Å². The number of nitrogens with zero attached hydrogens (tertiary/aromatic N) is 2. The van der Waals surface area contributed by atoms with Crippen LogP contribution >= 0.6 is 46.0 Å². The van der Waals surface area contributed by atoms with Crippen molar-refractivity contribution in [2.45, 2.75) is 24.8 Å². The summed E-state index contributed by atoms with van der Waals surface area (Å²) in [5.41, 5.74) is 1.08. The number of thiophene rings is 2. The Morgan fingerprint density at radius 1 is 1.33 bits per heavy atom. The molecular weight excluding hydrogens is 344 g/mol. The summed E-state index contributed by atoms with van der Waals surface area (Å²) < 4.78 is 2.42. The molecule has 21 heavy (non-hydrogen) atoms. The number of halogens is 1. The minimum atomic E-state index is 0.0357. The van der Waals surface area contributed by atoms with Gasteiger partial charge in [0.15, 0.2) is 5.16 Å². The highest BCUT2D eigenvalue weighted by atomic mass is 35.5. The van der Waals surface area contributed by atoms with Crippen LogP contribution in [0.5, 0.6) is 0 Å². The first-order valence-electron chi connectivity index (χ1n) is 6.31. The summed E-state index contributed by atoms with van der Waals surface area (Å²) >= 11 is 10.6. The van der Waals surface area contributed by atoms with Crippen molar-refractivity contribution in [3.05, 3.63) is 42.1 Å². The van der Waals surface area contributed by atoms with Crippen molar-refractivity contribution in [3.8, 4) is 0 Å². The first kappa shape index (κ1) is 15.1. The van der Waals surface area contributed by atoms with Gasteiger partial charge in [0.1, 0.15) is 4.83 Å². The fourth-order valence-electron chi connectivity index (χ4n) is 2.05. The second-order valence-electron chi connectivity index (χ2n) is 4.72. The monoisotopic (exact) mass is 356 g/mol. The third kappa shape index (κ3) is 2.77. The fraction of sp³-hybridized carbons (Fsp3) is 0.286. The Hall–Kier alpha value is -0.820. The SMILES string of the molecule is Cc1sc2nc(SCc3ccc(Cl)s3)n(C)c(=O)c2c1C. The van der Waals surface area contributed by atoms with Gasteiger partial charge in [0, 0.05) is 22.6 Å². The van der Waals surface area contributed by atoms with Crippen LogP contribution in [0.15, 0.2) is 22.1 Å². The third-order valence-corrected chi connectivity index (χ3v) is 6.94. The Labute approximate surface area is 139 Å². The van der Waals surface area contributed by atoms with E-state index in [-0.39, 0.29) is 5.56 Å². The molecule has 0 saturated carbocycles.